The van der Waals surface area contributed by atoms with Crippen LogP contribution < -0.4 is 4.90 Å². The summed E-state index contributed by atoms with van der Waals surface area (Å²) in [5.74, 6) is 0.171. The lowest BCUT2D eigenvalue weighted by atomic mass is 10.0. The fourth-order valence-electron chi connectivity index (χ4n) is 2.07. The van der Waals surface area contributed by atoms with E-state index in [0.29, 0.717) is 6.54 Å². The number of carbonyl (C=O) groups excluding carboxylic acids is 1. The number of aromatic hydroxyl groups is 1. The third-order valence-corrected chi connectivity index (χ3v) is 2.80. The topological polar surface area (TPSA) is 49.8 Å². The molecule has 0 radical (unpaired) electrons. The first-order valence-electron chi connectivity index (χ1n) is 6.19. The highest BCUT2D eigenvalue weighted by Gasteiger charge is 2.27. The number of carbonyl (C=O) groups is 1. The van der Waals surface area contributed by atoms with Gasteiger partial charge in [-0.25, -0.2) is 4.79 Å². The Balaban J connectivity index is 2.27. The third kappa shape index (κ3) is 2.75. The van der Waals surface area contributed by atoms with Crippen LogP contribution in [0.5, 0.6) is 5.75 Å². The van der Waals surface area contributed by atoms with Crippen LogP contribution in [0.2, 0.25) is 0 Å². The van der Waals surface area contributed by atoms with Gasteiger partial charge in [0.05, 0.1) is 5.69 Å². The zero-order valence-electron chi connectivity index (χ0n) is 11.1. The van der Waals surface area contributed by atoms with Gasteiger partial charge < -0.3 is 9.84 Å². The molecular formula is C14H19NO3. The Kier molecular flexibility index (Phi) is 3.20. The number of anilines is 1. The molecule has 0 aliphatic carbocycles. The van der Waals surface area contributed by atoms with E-state index in [1.165, 1.54) is 0 Å². The van der Waals surface area contributed by atoms with Crippen molar-refractivity contribution in [3.63, 3.8) is 0 Å². The largest absolute Gasteiger partial charge is 0.508 e. The SMILES string of the molecule is CC(C)(C)OC(=O)N1CCCc2ccc(O)cc21. The molecule has 1 N–H and O–H groups in total. The van der Waals surface area contributed by atoms with Crippen molar-refractivity contribution in [3.8, 4) is 5.75 Å². The van der Waals surface area contributed by atoms with Crippen LogP contribution in [0.1, 0.15) is 32.8 Å². The van der Waals surface area contributed by atoms with Crippen LogP contribution in [0.4, 0.5) is 10.5 Å². The lowest BCUT2D eigenvalue weighted by molar-refractivity contribution is 0.0578. The molecule has 1 amide bonds. The lowest BCUT2D eigenvalue weighted by Crippen LogP contribution is -2.39. The molecule has 0 bridgehead atoms. The number of hydrogen-bond acceptors (Lipinski definition) is 3. The normalized spacial score (nSPS) is 15.2. The van der Waals surface area contributed by atoms with E-state index in [0.717, 1.165) is 24.1 Å². The van der Waals surface area contributed by atoms with Gasteiger partial charge in [-0.1, -0.05) is 6.07 Å². The first-order chi connectivity index (χ1) is 8.37. The summed E-state index contributed by atoms with van der Waals surface area (Å²) >= 11 is 0. The molecule has 18 heavy (non-hydrogen) atoms. The van der Waals surface area contributed by atoms with Crippen LogP contribution in [-0.2, 0) is 11.2 Å². The van der Waals surface area contributed by atoms with Crippen molar-refractivity contribution in [1.29, 1.82) is 0 Å². The van der Waals surface area contributed by atoms with Crippen molar-refractivity contribution in [3.05, 3.63) is 23.8 Å². The smallest absolute Gasteiger partial charge is 0.414 e. The number of benzene rings is 1. The number of amides is 1. The van der Waals surface area contributed by atoms with Crippen LogP contribution in [0, 0.1) is 0 Å². The fraction of sp³-hybridized carbons (Fsp3) is 0.500. The van der Waals surface area contributed by atoms with Crippen LogP contribution in [0.15, 0.2) is 18.2 Å². The van der Waals surface area contributed by atoms with Crippen molar-refractivity contribution in [2.45, 2.75) is 39.2 Å². The molecule has 4 nitrogen and oxygen atoms in total. The Hall–Kier alpha value is -1.71. The maximum absolute atomic E-state index is 12.1. The van der Waals surface area contributed by atoms with E-state index < -0.39 is 5.60 Å². The molecule has 0 atom stereocenters. The van der Waals surface area contributed by atoms with Gasteiger partial charge in [-0.2, -0.15) is 0 Å². The van der Waals surface area contributed by atoms with E-state index in [4.69, 9.17) is 4.74 Å². The molecule has 1 aliphatic rings. The number of nitrogens with zero attached hydrogens (tertiary/aromatic N) is 1. The molecule has 98 valence electrons. The van der Waals surface area contributed by atoms with Gasteiger partial charge >= 0.3 is 6.09 Å². The van der Waals surface area contributed by atoms with Gasteiger partial charge in [0, 0.05) is 12.6 Å². The Morgan fingerprint density at radius 3 is 2.78 bits per heavy atom. The predicted molar refractivity (Wildman–Crippen MR) is 70.0 cm³/mol. The molecule has 1 aliphatic heterocycles. The maximum atomic E-state index is 12.1. The molecule has 4 heteroatoms. The van der Waals surface area contributed by atoms with Crippen LogP contribution in [-0.4, -0.2) is 23.3 Å². The third-order valence-electron chi connectivity index (χ3n) is 2.80. The van der Waals surface area contributed by atoms with Gasteiger partial charge in [0.15, 0.2) is 0 Å². The van der Waals surface area contributed by atoms with Gasteiger partial charge in [-0.3, -0.25) is 4.90 Å². The molecule has 1 aromatic carbocycles. The van der Waals surface area contributed by atoms with E-state index >= 15 is 0 Å². The second-order valence-electron chi connectivity index (χ2n) is 5.55. The van der Waals surface area contributed by atoms with Crippen LogP contribution in [0.25, 0.3) is 0 Å². The first kappa shape index (κ1) is 12.7. The molecule has 0 saturated carbocycles. The number of hydrogen-bond donors (Lipinski definition) is 1. The van der Waals surface area contributed by atoms with Gasteiger partial charge in [0.1, 0.15) is 11.4 Å². The zero-order valence-corrected chi connectivity index (χ0v) is 11.1. The quantitative estimate of drug-likeness (QED) is 0.768. The fourth-order valence-corrected chi connectivity index (χ4v) is 2.07. The van der Waals surface area contributed by atoms with Crippen molar-refractivity contribution in [1.82, 2.24) is 0 Å². The Morgan fingerprint density at radius 2 is 2.11 bits per heavy atom. The summed E-state index contributed by atoms with van der Waals surface area (Å²) in [5.41, 5.74) is 1.33. The first-order valence-corrected chi connectivity index (χ1v) is 6.19. The van der Waals surface area contributed by atoms with E-state index in [-0.39, 0.29) is 11.8 Å². The summed E-state index contributed by atoms with van der Waals surface area (Å²) in [7, 11) is 0. The Bertz CT molecular complexity index is 463. The summed E-state index contributed by atoms with van der Waals surface area (Å²) in [6.45, 7) is 6.17. The van der Waals surface area contributed by atoms with Crippen molar-refractivity contribution < 1.29 is 14.6 Å². The number of aryl methyl sites for hydroxylation is 1. The highest BCUT2D eigenvalue weighted by atomic mass is 16.6. The standard InChI is InChI=1S/C14H19NO3/c1-14(2,3)18-13(17)15-8-4-5-10-6-7-11(16)9-12(10)15/h6-7,9,16H,4-5,8H2,1-3H3. The van der Waals surface area contributed by atoms with E-state index in [1.807, 2.05) is 26.8 Å². The summed E-state index contributed by atoms with van der Waals surface area (Å²) in [4.78, 5) is 13.7. The second-order valence-corrected chi connectivity index (χ2v) is 5.55. The summed E-state index contributed by atoms with van der Waals surface area (Å²) < 4.78 is 5.38. The van der Waals surface area contributed by atoms with Crippen LogP contribution in [0.3, 0.4) is 0 Å². The minimum Gasteiger partial charge on any atom is -0.508 e. The number of phenols is 1. The number of phenolic OH excluding ortho intramolecular Hbond substituents is 1. The maximum Gasteiger partial charge on any atom is 0.414 e. The molecule has 0 spiro atoms. The molecule has 0 unspecified atom stereocenters. The minimum absolute atomic E-state index is 0.171. The van der Waals surface area contributed by atoms with Gasteiger partial charge in [-0.05, 0) is 45.2 Å². The molecular weight excluding hydrogens is 230 g/mol. The van der Waals surface area contributed by atoms with E-state index in [9.17, 15) is 9.90 Å². The highest BCUT2D eigenvalue weighted by Crippen LogP contribution is 2.31. The average Bonchev–Trinajstić information content (AvgIpc) is 2.25. The Morgan fingerprint density at radius 1 is 1.39 bits per heavy atom. The molecule has 0 saturated heterocycles. The number of fused-ring (bicyclic) bond motifs is 1. The van der Waals surface area contributed by atoms with Crippen molar-refractivity contribution >= 4 is 11.8 Å². The average molecular weight is 249 g/mol. The van der Waals surface area contributed by atoms with Gasteiger partial charge in [0.25, 0.3) is 0 Å². The summed E-state index contributed by atoms with van der Waals surface area (Å²) in [6.07, 6.45) is 1.49. The van der Waals surface area contributed by atoms with E-state index in [2.05, 4.69) is 0 Å². The van der Waals surface area contributed by atoms with Gasteiger partial charge in [-0.15, -0.1) is 0 Å². The zero-order chi connectivity index (χ0) is 13.3. The minimum atomic E-state index is -0.508. The lowest BCUT2D eigenvalue weighted by Gasteiger charge is -2.31. The summed E-state index contributed by atoms with van der Waals surface area (Å²) in [6, 6.07) is 5.14. The summed E-state index contributed by atoms with van der Waals surface area (Å²) in [5, 5.41) is 9.54. The van der Waals surface area contributed by atoms with Crippen molar-refractivity contribution in [2.75, 3.05) is 11.4 Å². The van der Waals surface area contributed by atoms with E-state index in [1.54, 1.807) is 17.0 Å². The molecule has 0 aromatic heterocycles. The molecule has 1 aromatic rings. The highest BCUT2D eigenvalue weighted by molar-refractivity contribution is 5.89. The predicted octanol–water partition coefficient (Wildman–Crippen LogP) is 3.08. The molecule has 1 heterocycles. The Labute approximate surface area is 107 Å². The van der Waals surface area contributed by atoms with Crippen LogP contribution >= 0.6 is 0 Å². The molecule has 0 fully saturated rings. The van der Waals surface area contributed by atoms with Crippen molar-refractivity contribution in [2.24, 2.45) is 0 Å². The van der Waals surface area contributed by atoms with Gasteiger partial charge in [0.2, 0.25) is 0 Å². The number of rotatable bonds is 0. The molecule has 2 rings (SSSR count). The second kappa shape index (κ2) is 4.52. The number of ether oxygens (including phenoxy) is 1. The monoisotopic (exact) mass is 249 g/mol.